The second-order valence-corrected chi connectivity index (χ2v) is 7.78. The molecule has 124 valence electrons. The van der Waals surface area contributed by atoms with E-state index in [0.29, 0.717) is 16.2 Å². The maximum absolute atomic E-state index is 12.3. The van der Waals surface area contributed by atoms with Gasteiger partial charge in [-0.25, -0.2) is 9.97 Å². The van der Waals surface area contributed by atoms with E-state index in [1.165, 1.54) is 29.3 Å². The van der Waals surface area contributed by atoms with Crippen LogP contribution in [-0.2, 0) is 6.42 Å². The number of aromatic nitrogens is 4. The van der Waals surface area contributed by atoms with Crippen LogP contribution in [0.1, 0.15) is 42.7 Å². The molecule has 0 aliphatic carbocycles. The van der Waals surface area contributed by atoms with E-state index in [9.17, 15) is 4.79 Å². The Labute approximate surface area is 148 Å². The fourth-order valence-corrected chi connectivity index (χ4v) is 3.46. The van der Waals surface area contributed by atoms with Gasteiger partial charge in [-0.3, -0.25) is 10.1 Å². The van der Waals surface area contributed by atoms with Crippen LogP contribution in [0.25, 0.3) is 0 Å². The molecule has 0 saturated carbocycles. The van der Waals surface area contributed by atoms with E-state index in [0.717, 1.165) is 23.6 Å². The number of amides is 1. The average molecular weight is 372 g/mol. The zero-order valence-corrected chi connectivity index (χ0v) is 15.6. The minimum absolute atomic E-state index is 0.154. The minimum Gasteiger partial charge on any atom is -0.295 e. The van der Waals surface area contributed by atoms with Gasteiger partial charge < -0.3 is 0 Å². The third-order valence-electron chi connectivity index (χ3n) is 2.64. The largest absolute Gasteiger partial charge is 0.295 e. The molecule has 9 heteroatoms. The molecule has 0 bridgehead atoms. The molecule has 0 saturated heterocycles. The van der Waals surface area contributed by atoms with E-state index in [2.05, 4.69) is 46.3 Å². The highest BCUT2D eigenvalue weighted by Gasteiger charge is 2.17. The van der Waals surface area contributed by atoms with Crippen molar-refractivity contribution in [3.8, 4) is 0 Å². The summed E-state index contributed by atoms with van der Waals surface area (Å²) in [5.74, 6) is 0.974. The molecule has 0 spiro atoms. The molecule has 0 radical (unpaired) electrons. The number of hydrogen-bond acceptors (Lipinski definition) is 7. The molecule has 2 heterocycles. The second kappa shape index (κ2) is 8.56. The van der Waals surface area contributed by atoms with Gasteiger partial charge in [-0.1, -0.05) is 55.5 Å². The van der Waals surface area contributed by atoms with Crippen molar-refractivity contribution in [1.82, 2.24) is 20.2 Å². The van der Waals surface area contributed by atoms with Crippen LogP contribution in [0.15, 0.2) is 11.4 Å². The van der Waals surface area contributed by atoms with Gasteiger partial charge in [0, 0.05) is 12.2 Å². The van der Waals surface area contributed by atoms with Crippen LogP contribution in [-0.4, -0.2) is 31.8 Å². The smallest absolute Gasteiger partial charge is 0.277 e. The molecule has 0 fully saturated rings. The fraction of sp³-hybridized carbons (Fsp3) is 0.500. The summed E-state index contributed by atoms with van der Waals surface area (Å²) in [5.41, 5.74) is 0.154. The van der Waals surface area contributed by atoms with Crippen molar-refractivity contribution >= 4 is 45.7 Å². The maximum Gasteiger partial charge on any atom is 0.277 e. The summed E-state index contributed by atoms with van der Waals surface area (Å²) in [6, 6.07) is 0. The van der Waals surface area contributed by atoms with Gasteiger partial charge in [0.05, 0.1) is 11.2 Å². The zero-order valence-electron chi connectivity index (χ0n) is 13.2. The van der Waals surface area contributed by atoms with Crippen LogP contribution < -0.4 is 5.32 Å². The Balaban J connectivity index is 2.09. The Hall–Kier alpha value is -1.25. The van der Waals surface area contributed by atoms with Crippen molar-refractivity contribution in [2.24, 2.45) is 5.92 Å². The number of halogens is 1. The lowest BCUT2D eigenvalue weighted by Gasteiger charge is -2.05. The predicted molar refractivity (Wildman–Crippen MR) is 94.5 cm³/mol. The summed E-state index contributed by atoms with van der Waals surface area (Å²) >= 11 is 8.89. The van der Waals surface area contributed by atoms with E-state index in [1.807, 2.05) is 0 Å². The monoisotopic (exact) mass is 371 g/mol. The molecule has 2 rings (SSSR count). The molecule has 23 heavy (non-hydrogen) atoms. The van der Waals surface area contributed by atoms with Crippen molar-refractivity contribution < 1.29 is 4.79 Å². The average Bonchev–Trinajstić information content (AvgIpc) is 2.92. The van der Waals surface area contributed by atoms with Crippen LogP contribution in [0.2, 0.25) is 5.02 Å². The molecule has 2 aromatic heterocycles. The lowest BCUT2D eigenvalue weighted by molar-refractivity contribution is 0.102. The van der Waals surface area contributed by atoms with Crippen LogP contribution >= 0.6 is 34.7 Å². The summed E-state index contributed by atoms with van der Waals surface area (Å²) < 4.78 is 0. The quantitative estimate of drug-likeness (QED) is 0.586. The van der Waals surface area contributed by atoms with E-state index in [1.54, 1.807) is 0 Å². The van der Waals surface area contributed by atoms with Crippen molar-refractivity contribution in [2.75, 3.05) is 11.1 Å². The molecule has 1 N–H and O–H groups in total. The Kier molecular flexibility index (Phi) is 6.73. The topological polar surface area (TPSA) is 80.7 Å². The highest BCUT2D eigenvalue weighted by atomic mass is 35.5. The maximum atomic E-state index is 12.3. The third kappa shape index (κ3) is 5.40. The Morgan fingerprint density at radius 1 is 1.43 bits per heavy atom. The third-order valence-corrected chi connectivity index (χ3v) is 4.85. The molecule has 6 nitrogen and oxygen atoms in total. The van der Waals surface area contributed by atoms with E-state index in [4.69, 9.17) is 11.6 Å². The number of carbonyl (C=O) groups excluding carboxylic acids is 1. The first-order valence-electron chi connectivity index (χ1n) is 7.28. The molecule has 0 aliphatic rings. The zero-order chi connectivity index (χ0) is 16.8. The molecule has 0 aliphatic heterocycles. The SMILES string of the molecule is CCCSc1ncc(Cl)c(C(=O)Nc2nnc(CC(C)C)s2)n1. The van der Waals surface area contributed by atoms with Crippen LogP contribution in [0.5, 0.6) is 0 Å². The van der Waals surface area contributed by atoms with Gasteiger partial charge in [0.1, 0.15) is 5.01 Å². The van der Waals surface area contributed by atoms with Crippen LogP contribution in [0.4, 0.5) is 5.13 Å². The fourth-order valence-electron chi connectivity index (χ4n) is 1.67. The van der Waals surface area contributed by atoms with Gasteiger partial charge >= 0.3 is 0 Å². The highest BCUT2D eigenvalue weighted by Crippen LogP contribution is 2.22. The summed E-state index contributed by atoms with van der Waals surface area (Å²) in [4.78, 5) is 20.7. The Morgan fingerprint density at radius 2 is 2.22 bits per heavy atom. The van der Waals surface area contributed by atoms with Crippen molar-refractivity contribution in [2.45, 2.75) is 38.8 Å². The van der Waals surface area contributed by atoms with Crippen molar-refractivity contribution in [1.29, 1.82) is 0 Å². The van der Waals surface area contributed by atoms with Gasteiger partial charge in [-0.15, -0.1) is 10.2 Å². The molecule has 0 unspecified atom stereocenters. The Bertz CT molecular complexity index is 677. The number of nitrogens with zero attached hydrogens (tertiary/aromatic N) is 4. The van der Waals surface area contributed by atoms with Crippen LogP contribution in [0.3, 0.4) is 0 Å². The predicted octanol–water partition coefficient (Wildman–Crippen LogP) is 3.93. The summed E-state index contributed by atoms with van der Waals surface area (Å²) in [7, 11) is 0. The molecule has 1 amide bonds. The van der Waals surface area contributed by atoms with E-state index in [-0.39, 0.29) is 10.7 Å². The minimum atomic E-state index is -0.400. The van der Waals surface area contributed by atoms with Gasteiger partial charge in [0.15, 0.2) is 10.9 Å². The van der Waals surface area contributed by atoms with E-state index < -0.39 is 5.91 Å². The number of rotatable bonds is 7. The second-order valence-electron chi connectivity index (χ2n) is 5.25. The van der Waals surface area contributed by atoms with Gasteiger partial charge in [-0.2, -0.15) is 0 Å². The first-order valence-corrected chi connectivity index (χ1v) is 9.46. The molecular weight excluding hydrogens is 354 g/mol. The molecular formula is C14H18ClN5OS2. The number of anilines is 1. The highest BCUT2D eigenvalue weighted by molar-refractivity contribution is 7.99. The summed E-state index contributed by atoms with van der Waals surface area (Å²) in [5, 5.41) is 12.8. The molecule has 2 aromatic rings. The first kappa shape index (κ1) is 18.1. The standard InChI is InChI=1S/C14H18ClN5OS2/c1-4-5-22-13-16-7-9(15)11(17-13)12(21)18-14-20-19-10(23-14)6-8(2)3/h7-8H,4-6H2,1-3H3,(H,18,20,21). The lowest BCUT2D eigenvalue weighted by Crippen LogP contribution is -2.15. The van der Waals surface area contributed by atoms with Crippen molar-refractivity contribution in [3.63, 3.8) is 0 Å². The summed E-state index contributed by atoms with van der Waals surface area (Å²) in [6.07, 6.45) is 3.28. The van der Waals surface area contributed by atoms with Crippen LogP contribution in [0, 0.1) is 5.92 Å². The summed E-state index contributed by atoms with van der Waals surface area (Å²) in [6.45, 7) is 6.28. The number of thioether (sulfide) groups is 1. The number of hydrogen-bond donors (Lipinski definition) is 1. The first-order chi connectivity index (χ1) is 11.0. The van der Waals surface area contributed by atoms with Crippen molar-refractivity contribution in [3.05, 3.63) is 21.9 Å². The number of carbonyl (C=O) groups is 1. The normalized spacial score (nSPS) is 11.0. The lowest BCUT2D eigenvalue weighted by atomic mass is 10.1. The van der Waals surface area contributed by atoms with E-state index >= 15 is 0 Å². The molecule has 0 aromatic carbocycles. The Morgan fingerprint density at radius 3 is 2.91 bits per heavy atom. The van der Waals surface area contributed by atoms with Gasteiger partial charge in [0.25, 0.3) is 5.91 Å². The van der Waals surface area contributed by atoms with Gasteiger partial charge in [-0.05, 0) is 12.3 Å². The van der Waals surface area contributed by atoms with Gasteiger partial charge in [0.2, 0.25) is 5.13 Å². The number of nitrogens with one attached hydrogen (secondary N) is 1. The molecule has 0 atom stereocenters.